The number of nitrogens with one attached hydrogen (secondary N) is 2. The maximum Gasteiger partial charge on any atom is 0.226 e. The number of aromatic nitrogens is 2. The van der Waals surface area contributed by atoms with E-state index in [1.165, 1.54) is 6.07 Å². The molecule has 1 aliphatic rings. The number of rotatable bonds is 8. The Hall–Kier alpha value is -3.98. The van der Waals surface area contributed by atoms with Crippen LogP contribution < -0.4 is 10.6 Å². The van der Waals surface area contributed by atoms with E-state index in [1.54, 1.807) is 30.7 Å². The average molecular weight is 518 g/mol. The molecule has 0 radical (unpaired) electrons. The minimum atomic E-state index is -0.466. The Labute approximate surface area is 220 Å². The van der Waals surface area contributed by atoms with E-state index in [4.69, 9.17) is 16.6 Å². The smallest absolute Gasteiger partial charge is 0.226 e. The highest BCUT2D eigenvalue weighted by Crippen LogP contribution is 2.41. The van der Waals surface area contributed by atoms with Gasteiger partial charge in [0.1, 0.15) is 11.6 Å². The highest BCUT2D eigenvalue weighted by molar-refractivity contribution is 7.80. The Balaban J connectivity index is 1.43. The van der Waals surface area contributed by atoms with E-state index in [0.717, 1.165) is 28.4 Å². The first-order valence-corrected chi connectivity index (χ1v) is 12.5. The number of thiocarbonyl (C=S) groups is 1. The Morgan fingerprint density at radius 3 is 2.70 bits per heavy atom. The number of para-hydroxylation sites is 1. The fourth-order valence-electron chi connectivity index (χ4n) is 4.91. The number of hydrogen-bond acceptors (Lipinski definition) is 4. The molecule has 0 aliphatic carbocycles. The molecule has 4 aromatic rings. The number of carbonyl (C=O) groups excluding carboxylic acids is 1. The first-order valence-electron chi connectivity index (χ1n) is 12.1. The summed E-state index contributed by atoms with van der Waals surface area (Å²) in [5, 5.41) is 6.64. The third-order valence-electron chi connectivity index (χ3n) is 6.75. The van der Waals surface area contributed by atoms with E-state index in [2.05, 4.69) is 40.1 Å². The van der Waals surface area contributed by atoms with Gasteiger partial charge in [-0.1, -0.05) is 18.2 Å². The molecule has 2 N–H and O–H groups in total. The Bertz CT molecular complexity index is 1400. The van der Waals surface area contributed by atoms with Gasteiger partial charge in [0.15, 0.2) is 5.11 Å². The quantitative estimate of drug-likeness (QED) is 0.310. The van der Waals surface area contributed by atoms with Crippen molar-refractivity contribution in [2.45, 2.75) is 38.9 Å². The normalized spacial score (nSPS) is 17.2. The molecule has 1 aliphatic heterocycles. The molecule has 0 unspecified atom stereocenters. The van der Waals surface area contributed by atoms with Gasteiger partial charge in [-0.15, -0.1) is 0 Å². The molecule has 0 saturated carbocycles. The van der Waals surface area contributed by atoms with Gasteiger partial charge in [-0.3, -0.25) is 9.78 Å². The van der Waals surface area contributed by atoms with Crippen LogP contribution in [0.15, 0.2) is 77.5 Å². The molecule has 190 valence electrons. The number of anilines is 1. The third-order valence-corrected chi connectivity index (χ3v) is 7.10. The molecule has 1 fully saturated rings. The summed E-state index contributed by atoms with van der Waals surface area (Å²) in [6, 6.07) is 17.6. The number of furan rings is 1. The maximum absolute atomic E-state index is 14.0. The second-order valence-corrected chi connectivity index (χ2v) is 9.48. The third kappa shape index (κ3) is 5.13. The van der Waals surface area contributed by atoms with Crippen molar-refractivity contribution in [3.63, 3.8) is 0 Å². The van der Waals surface area contributed by atoms with Crippen LogP contribution >= 0.6 is 12.2 Å². The van der Waals surface area contributed by atoms with Gasteiger partial charge >= 0.3 is 0 Å². The zero-order chi connectivity index (χ0) is 25.9. The van der Waals surface area contributed by atoms with Gasteiger partial charge in [-0.2, -0.15) is 0 Å². The second-order valence-electron chi connectivity index (χ2n) is 9.09. The SMILES string of the molecule is Cc1cc([C@H]2[C@H](c3ccccn3)NC(=S)N2CCC(=O)Nc2ccccc2F)c(C)n1Cc1ccco1. The van der Waals surface area contributed by atoms with Crippen molar-refractivity contribution in [1.82, 2.24) is 19.8 Å². The lowest BCUT2D eigenvalue weighted by Gasteiger charge is -2.28. The van der Waals surface area contributed by atoms with Crippen molar-refractivity contribution in [2.75, 3.05) is 11.9 Å². The van der Waals surface area contributed by atoms with E-state index < -0.39 is 5.82 Å². The first kappa shape index (κ1) is 24.7. The average Bonchev–Trinajstić information content (AvgIpc) is 3.60. The van der Waals surface area contributed by atoms with E-state index in [1.807, 2.05) is 35.2 Å². The van der Waals surface area contributed by atoms with Crippen LogP contribution in [0.2, 0.25) is 0 Å². The Morgan fingerprint density at radius 2 is 1.97 bits per heavy atom. The molecule has 1 aromatic carbocycles. The lowest BCUT2D eigenvalue weighted by Crippen LogP contribution is -2.33. The topological polar surface area (TPSA) is 75.3 Å². The molecule has 4 heterocycles. The number of hydrogen-bond donors (Lipinski definition) is 2. The van der Waals surface area contributed by atoms with Crippen LogP contribution in [0, 0.1) is 19.7 Å². The van der Waals surface area contributed by atoms with Crippen LogP contribution in [0.5, 0.6) is 0 Å². The minimum Gasteiger partial charge on any atom is -0.467 e. The molecule has 0 spiro atoms. The summed E-state index contributed by atoms with van der Waals surface area (Å²) in [4.78, 5) is 19.4. The molecule has 7 nitrogen and oxygen atoms in total. The van der Waals surface area contributed by atoms with Gasteiger partial charge in [-0.25, -0.2) is 4.39 Å². The van der Waals surface area contributed by atoms with Crippen molar-refractivity contribution in [2.24, 2.45) is 0 Å². The van der Waals surface area contributed by atoms with Gasteiger partial charge in [-0.05, 0) is 74.1 Å². The molecule has 3 aromatic heterocycles. The molecule has 5 rings (SSSR count). The zero-order valence-corrected chi connectivity index (χ0v) is 21.5. The molecular formula is C28H28FN5O2S. The summed E-state index contributed by atoms with van der Waals surface area (Å²) in [6.07, 6.45) is 3.59. The monoisotopic (exact) mass is 517 g/mol. The molecule has 1 saturated heterocycles. The van der Waals surface area contributed by atoms with Crippen LogP contribution in [-0.2, 0) is 11.3 Å². The summed E-state index contributed by atoms with van der Waals surface area (Å²) in [7, 11) is 0. The summed E-state index contributed by atoms with van der Waals surface area (Å²) in [5.41, 5.74) is 4.32. The van der Waals surface area contributed by atoms with Gasteiger partial charge < -0.3 is 24.5 Å². The van der Waals surface area contributed by atoms with E-state index in [-0.39, 0.29) is 30.1 Å². The highest BCUT2D eigenvalue weighted by Gasteiger charge is 2.41. The van der Waals surface area contributed by atoms with E-state index >= 15 is 0 Å². The van der Waals surface area contributed by atoms with Crippen LogP contribution in [0.4, 0.5) is 10.1 Å². The van der Waals surface area contributed by atoms with Crippen LogP contribution in [-0.4, -0.2) is 32.0 Å². The molecule has 2 atom stereocenters. The van der Waals surface area contributed by atoms with Crippen LogP contribution in [0.1, 0.15) is 46.9 Å². The largest absolute Gasteiger partial charge is 0.467 e. The highest BCUT2D eigenvalue weighted by atomic mass is 32.1. The number of amides is 1. The number of nitrogens with zero attached hydrogens (tertiary/aromatic N) is 3. The standard InChI is InChI=1S/C28H28FN5O2S/c1-18-16-21(19(2)34(18)17-20-8-7-15-36-20)27-26(24-11-5-6-13-30-24)32-28(37)33(27)14-12-25(35)31-23-10-4-3-9-22(23)29/h3-11,13,15-16,26-27H,12,14,17H2,1-2H3,(H,31,35)(H,32,37)/t26-,27-/m0/s1. The van der Waals surface area contributed by atoms with E-state index in [9.17, 15) is 9.18 Å². The van der Waals surface area contributed by atoms with Crippen LogP contribution in [0.25, 0.3) is 0 Å². The van der Waals surface area contributed by atoms with Crippen molar-refractivity contribution in [3.8, 4) is 0 Å². The predicted octanol–water partition coefficient (Wildman–Crippen LogP) is 5.28. The van der Waals surface area contributed by atoms with Gasteiger partial charge in [0.05, 0.1) is 36.3 Å². The van der Waals surface area contributed by atoms with Crippen molar-refractivity contribution in [1.29, 1.82) is 0 Å². The minimum absolute atomic E-state index is 0.146. The predicted molar refractivity (Wildman–Crippen MR) is 144 cm³/mol. The van der Waals surface area contributed by atoms with Gasteiger partial charge in [0, 0.05) is 30.6 Å². The number of aryl methyl sites for hydroxylation is 1. The fraction of sp³-hybridized carbons (Fsp3) is 0.250. The molecule has 9 heteroatoms. The maximum atomic E-state index is 14.0. The van der Waals surface area contributed by atoms with E-state index in [0.29, 0.717) is 18.2 Å². The molecule has 37 heavy (non-hydrogen) atoms. The summed E-state index contributed by atoms with van der Waals surface area (Å²) >= 11 is 5.75. The summed E-state index contributed by atoms with van der Waals surface area (Å²) < 4.78 is 21.8. The first-order chi connectivity index (χ1) is 17.9. The van der Waals surface area contributed by atoms with Gasteiger partial charge in [0.2, 0.25) is 5.91 Å². The fourth-order valence-corrected chi connectivity index (χ4v) is 5.24. The number of carbonyl (C=O) groups is 1. The zero-order valence-electron chi connectivity index (χ0n) is 20.6. The molecular weight excluding hydrogens is 489 g/mol. The second kappa shape index (κ2) is 10.6. The summed E-state index contributed by atoms with van der Waals surface area (Å²) in [5.74, 6) is 0.124. The van der Waals surface area contributed by atoms with Crippen molar-refractivity contribution >= 4 is 28.9 Å². The van der Waals surface area contributed by atoms with Crippen molar-refractivity contribution < 1.29 is 13.6 Å². The van der Waals surface area contributed by atoms with Crippen molar-refractivity contribution in [3.05, 3.63) is 107 Å². The number of halogens is 1. The Morgan fingerprint density at radius 1 is 1.16 bits per heavy atom. The number of benzene rings is 1. The van der Waals surface area contributed by atoms with Gasteiger partial charge in [0.25, 0.3) is 0 Å². The number of pyridine rings is 1. The lowest BCUT2D eigenvalue weighted by atomic mass is 9.96. The molecule has 1 amide bonds. The van der Waals surface area contributed by atoms with Crippen LogP contribution in [0.3, 0.4) is 0 Å². The lowest BCUT2D eigenvalue weighted by molar-refractivity contribution is -0.116. The molecule has 0 bridgehead atoms. The summed E-state index contributed by atoms with van der Waals surface area (Å²) in [6.45, 7) is 5.14. The Kier molecular flexibility index (Phi) is 7.05.